The highest BCUT2D eigenvalue weighted by Gasteiger charge is 2.33. The number of nitrogens with zero attached hydrogens (tertiary/aromatic N) is 4. The molecule has 2 aromatic rings. The smallest absolute Gasteiger partial charge is 0.243 e. The molecule has 3 N–H and O–H groups in total. The van der Waals surface area contributed by atoms with Gasteiger partial charge in [0.2, 0.25) is 11.8 Å². The van der Waals surface area contributed by atoms with Crippen molar-refractivity contribution in [2.45, 2.75) is 70.0 Å². The molecule has 2 heterocycles. The van der Waals surface area contributed by atoms with E-state index in [1.54, 1.807) is 17.1 Å². The van der Waals surface area contributed by atoms with E-state index < -0.39 is 6.04 Å². The van der Waals surface area contributed by atoms with Crippen LogP contribution in [-0.2, 0) is 16.1 Å². The second kappa shape index (κ2) is 10.6. The molecule has 2 aliphatic rings. The Kier molecular flexibility index (Phi) is 7.55. The Morgan fingerprint density at radius 3 is 2.75 bits per heavy atom. The molecular weight excluding hydrogens is 428 g/mol. The zero-order valence-electron chi connectivity index (χ0n) is 18.3. The molecule has 0 bridgehead atoms. The van der Waals surface area contributed by atoms with Gasteiger partial charge in [0, 0.05) is 11.6 Å². The number of benzene rings is 1. The fraction of sp³-hybridized carbons (Fsp3) is 0.565. The Hall–Kier alpha value is -2.29. The molecule has 0 radical (unpaired) electrons. The van der Waals surface area contributed by atoms with Gasteiger partial charge < -0.3 is 5.73 Å². The minimum Gasteiger partial charge on any atom is -0.320 e. The number of likely N-dealkylation sites (tertiary alicyclic amines) is 1. The second-order valence-electron chi connectivity index (χ2n) is 8.95. The number of amides is 2. The van der Waals surface area contributed by atoms with Crippen LogP contribution >= 0.6 is 11.6 Å². The van der Waals surface area contributed by atoms with Gasteiger partial charge in [0.1, 0.15) is 0 Å². The van der Waals surface area contributed by atoms with Crippen LogP contribution in [0.5, 0.6) is 0 Å². The van der Waals surface area contributed by atoms with Gasteiger partial charge in [-0.05, 0) is 55.5 Å². The third-order valence-corrected chi connectivity index (χ3v) is 6.88. The van der Waals surface area contributed by atoms with Gasteiger partial charge in [0.15, 0.2) is 0 Å². The Balaban J connectivity index is 1.39. The zero-order chi connectivity index (χ0) is 22.5. The molecule has 0 unspecified atom stereocenters. The Bertz CT molecular complexity index is 929. The summed E-state index contributed by atoms with van der Waals surface area (Å²) in [6, 6.07) is 4.58. The normalized spacial score (nSPS) is 20.9. The minimum atomic E-state index is -0.635. The molecule has 2 atom stereocenters. The van der Waals surface area contributed by atoms with E-state index in [4.69, 9.17) is 17.3 Å². The molecule has 2 fully saturated rings. The summed E-state index contributed by atoms with van der Waals surface area (Å²) in [4.78, 5) is 27.6. The van der Waals surface area contributed by atoms with Crippen LogP contribution in [0.2, 0.25) is 5.02 Å². The van der Waals surface area contributed by atoms with Crippen LogP contribution in [0.25, 0.3) is 5.69 Å². The first-order valence-corrected chi connectivity index (χ1v) is 11.9. The highest BCUT2D eigenvalue weighted by atomic mass is 35.5. The highest BCUT2D eigenvalue weighted by Crippen LogP contribution is 2.28. The van der Waals surface area contributed by atoms with Crippen molar-refractivity contribution in [3.8, 4) is 5.69 Å². The summed E-state index contributed by atoms with van der Waals surface area (Å²) in [7, 11) is 0. The first kappa shape index (κ1) is 22.9. The van der Waals surface area contributed by atoms with Crippen molar-refractivity contribution in [3.63, 3.8) is 0 Å². The molecular formula is C23H31ClN6O2. The lowest BCUT2D eigenvalue weighted by Crippen LogP contribution is -2.50. The van der Waals surface area contributed by atoms with Gasteiger partial charge in [0.25, 0.3) is 0 Å². The number of nitrogens with two attached hydrogens (primary N) is 1. The van der Waals surface area contributed by atoms with Gasteiger partial charge in [0.05, 0.1) is 30.2 Å². The van der Waals surface area contributed by atoms with Gasteiger partial charge in [-0.25, -0.2) is 4.68 Å². The van der Waals surface area contributed by atoms with E-state index >= 15 is 0 Å². The quantitative estimate of drug-likeness (QED) is 0.660. The van der Waals surface area contributed by atoms with Crippen molar-refractivity contribution in [2.75, 3.05) is 6.54 Å². The molecule has 2 amide bonds. The third kappa shape index (κ3) is 5.54. The number of aromatic nitrogens is 3. The molecule has 1 aromatic heterocycles. The van der Waals surface area contributed by atoms with Gasteiger partial charge in [-0.15, -0.1) is 5.10 Å². The fourth-order valence-corrected chi connectivity index (χ4v) is 5.15. The summed E-state index contributed by atoms with van der Waals surface area (Å²) in [6.07, 6.45) is 11.6. The summed E-state index contributed by atoms with van der Waals surface area (Å²) in [5.74, 6) is -0.143. The number of imide groups is 1. The van der Waals surface area contributed by atoms with Crippen LogP contribution < -0.4 is 11.1 Å². The van der Waals surface area contributed by atoms with Crippen molar-refractivity contribution in [1.82, 2.24) is 25.2 Å². The molecule has 1 aliphatic heterocycles. The lowest BCUT2D eigenvalue weighted by Gasteiger charge is -2.26. The lowest BCUT2D eigenvalue weighted by atomic mass is 9.85. The SMILES string of the molecule is N[C@H](CC1CCCCC1)C(=O)NC(=O)[C@@H]1CCCN1Cc1cc(Cl)ccc1-n1ccnn1. The Labute approximate surface area is 193 Å². The molecule has 8 nitrogen and oxygen atoms in total. The van der Waals surface area contributed by atoms with Crippen molar-refractivity contribution < 1.29 is 9.59 Å². The van der Waals surface area contributed by atoms with Gasteiger partial charge in [-0.2, -0.15) is 0 Å². The molecule has 9 heteroatoms. The molecule has 32 heavy (non-hydrogen) atoms. The van der Waals surface area contributed by atoms with E-state index in [9.17, 15) is 9.59 Å². The van der Waals surface area contributed by atoms with E-state index in [1.807, 2.05) is 18.2 Å². The summed E-state index contributed by atoms with van der Waals surface area (Å²) < 4.78 is 1.69. The predicted octanol–water partition coefficient (Wildman–Crippen LogP) is 2.83. The predicted molar refractivity (Wildman–Crippen MR) is 122 cm³/mol. The van der Waals surface area contributed by atoms with Crippen molar-refractivity contribution >= 4 is 23.4 Å². The van der Waals surface area contributed by atoms with Gasteiger partial charge in [-0.3, -0.25) is 19.8 Å². The van der Waals surface area contributed by atoms with Crippen molar-refractivity contribution in [1.29, 1.82) is 0 Å². The van der Waals surface area contributed by atoms with Gasteiger partial charge >= 0.3 is 0 Å². The van der Waals surface area contributed by atoms with Crippen LogP contribution in [0.15, 0.2) is 30.6 Å². The molecule has 4 rings (SSSR count). The number of nitrogens with one attached hydrogen (secondary N) is 1. The monoisotopic (exact) mass is 458 g/mol. The van der Waals surface area contributed by atoms with Crippen molar-refractivity contribution in [3.05, 3.63) is 41.2 Å². The van der Waals surface area contributed by atoms with E-state index in [0.717, 1.165) is 37.1 Å². The first-order chi connectivity index (χ1) is 15.5. The standard InChI is InChI=1S/C23H31ClN6O2/c24-18-8-9-20(30-12-10-26-28-30)17(14-18)15-29-11-4-7-21(29)23(32)27-22(31)19(25)13-16-5-2-1-3-6-16/h8-10,12,14,16,19,21H,1-7,11,13,15,25H2,(H,27,31,32)/t19-,21+/m1/s1. The molecule has 1 saturated heterocycles. The molecule has 172 valence electrons. The summed E-state index contributed by atoms with van der Waals surface area (Å²) in [5.41, 5.74) is 7.95. The lowest BCUT2D eigenvalue weighted by molar-refractivity contribution is -0.134. The van der Waals surface area contributed by atoms with Crippen LogP contribution in [0.3, 0.4) is 0 Å². The maximum Gasteiger partial charge on any atom is 0.243 e. The highest BCUT2D eigenvalue weighted by molar-refractivity contribution is 6.30. The minimum absolute atomic E-state index is 0.268. The van der Waals surface area contributed by atoms with E-state index in [1.165, 1.54) is 19.3 Å². The number of hydrogen-bond acceptors (Lipinski definition) is 6. The van der Waals surface area contributed by atoms with Crippen LogP contribution in [-0.4, -0.2) is 50.3 Å². The second-order valence-corrected chi connectivity index (χ2v) is 9.39. The third-order valence-electron chi connectivity index (χ3n) is 6.65. The molecule has 1 aromatic carbocycles. The van der Waals surface area contributed by atoms with Crippen LogP contribution in [0.4, 0.5) is 0 Å². The van der Waals surface area contributed by atoms with Crippen LogP contribution in [0, 0.1) is 5.92 Å². The Morgan fingerprint density at radius 2 is 2.00 bits per heavy atom. The Morgan fingerprint density at radius 1 is 1.19 bits per heavy atom. The van der Waals surface area contributed by atoms with Crippen molar-refractivity contribution in [2.24, 2.45) is 11.7 Å². The molecule has 0 spiro atoms. The average Bonchev–Trinajstić information content (AvgIpc) is 3.47. The van der Waals surface area contributed by atoms with E-state index in [2.05, 4.69) is 20.5 Å². The maximum atomic E-state index is 13.0. The number of carbonyl (C=O) groups excluding carboxylic acids is 2. The number of hydrogen-bond donors (Lipinski definition) is 2. The molecule has 1 saturated carbocycles. The maximum absolute atomic E-state index is 13.0. The van der Waals surface area contributed by atoms with E-state index in [-0.39, 0.29) is 17.9 Å². The summed E-state index contributed by atoms with van der Waals surface area (Å²) in [6.45, 7) is 1.29. The average molecular weight is 459 g/mol. The van der Waals surface area contributed by atoms with Crippen LogP contribution in [0.1, 0.15) is 56.9 Å². The van der Waals surface area contributed by atoms with Gasteiger partial charge in [-0.1, -0.05) is 48.9 Å². The summed E-state index contributed by atoms with van der Waals surface area (Å²) >= 11 is 6.24. The van der Waals surface area contributed by atoms with E-state index in [0.29, 0.717) is 30.3 Å². The number of carbonyl (C=O) groups is 2. The summed E-state index contributed by atoms with van der Waals surface area (Å²) in [5, 5.41) is 11.2. The molecule has 1 aliphatic carbocycles. The first-order valence-electron chi connectivity index (χ1n) is 11.5. The fourth-order valence-electron chi connectivity index (χ4n) is 4.96. The zero-order valence-corrected chi connectivity index (χ0v) is 19.0. The number of halogens is 1. The topological polar surface area (TPSA) is 106 Å². The largest absolute Gasteiger partial charge is 0.320 e. The number of rotatable bonds is 7.